The van der Waals surface area contributed by atoms with Crippen LogP contribution in [0.1, 0.15) is 25.0 Å². The number of pyridine rings is 2. The van der Waals surface area contributed by atoms with E-state index in [0.717, 1.165) is 22.3 Å². The van der Waals surface area contributed by atoms with Gasteiger partial charge in [0, 0.05) is 48.7 Å². The molecule has 5 nitrogen and oxygen atoms in total. The van der Waals surface area contributed by atoms with Crippen LogP contribution in [0.3, 0.4) is 0 Å². The summed E-state index contributed by atoms with van der Waals surface area (Å²) in [5.74, 6) is 0.686. The van der Waals surface area contributed by atoms with Crippen LogP contribution in [-0.2, 0) is 25.5 Å². The fourth-order valence-corrected chi connectivity index (χ4v) is 7.33. The summed E-state index contributed by atoms with van der Waals surface area (Å²) in [5, 5.41) is 4.93. The molecule has 1 aliphatic rings. The van der Waals surface area contributed by atoms with E-state index in [2.05, 4.69) is 143 Å². The van der Waals surface area contributed by atoms with Crippen molar-refractivity contribution in [2.24, 2.45) is 0 Å². The number of imidazole rings is 1. The molecular weight excluding hydrogens is 791 g/mol. The molecule has 243 valence electrons. The topological polar surface area (TPSA) is 57.7 Å². The second-order valence-corrected chi connectivity index (χ2v) is 12.9. The van der Waals surface area contributed by atoms with Crippen LogP contribution >= 0.6 is 0 Å². The first kappa shape index (κ1) is 31.6. The second kappa shape index (κ2) is 12.6. The summed E-state index contributed by atoms with van der Waals surface area (Å²) < 4.78 is 2.47. The minimum Gasteiger partial charge on any atom is -0.441 e. The van der Waals surface area contributed by atoms with Gasteiger partial charge in [0.2, 0.25) is 0 Å². The van der Waals surface area contributed by atoms with Crippen molar-refractivity contribution in [1.82, 2.24) is 24.5 Å². The van der Waals surface area contributed by atoms with Gasteiger partial charge in [-0.25, -0.2) is 0 Å². The van der Waals surface area contributed by atoms with Crippen molar-refractivity contribution in [2.45, 2.75) is 19.3 Å². The summed E-state index contributed by atoms with van der Waals surface area (Å²) in [5.41, 5.74) is 11.7. The molecule has 0 fully saturated rings. The Morgan fingerprint density at radius 1 is 0.640 bits per heavy atom. The number of aromatic nitrogens is 5. The van der Waals surface area contributed by atoms with Crippen LogP contribution in [0.5, 0.6) is 0 Å². The van der Waals surface area contributed by atoms with Gasteiger partial charge in [-0.05, 0) is 75.4 Å². The molecule has 0 N–H and O–H groups in total. The average molecular weight is 822 g/mol. The third kappa shape index (κ3) is 5.16. The van der Waals surface area contributed by atoms with Crippen molar-refractivity contribution in [2.75, 3.05) is 0 Å². The first-order valence-corrected chi connectivity index (χ1v) is 16.5. The van der Waals surface area contributed by atoms with Gasteiger partial charge in [-0.3, -0.25) is 4.98 Å². The molecule has 9 aromatic rings. The maximum atomic E-state index is 4.73. The molecule has 5 heterocycles. The fraction of sp³-hybridized carbons (Fsp3) is 0.0682. The third-order valence-electron chi connectivity index (χ3n) is 9.70. The smallest absolute Gasteiger partial charge is 0.0620 e. The summed E-state index contributed by atoms with van der Waals surface area (Å²) >= 11 is 0. The Bertz CT molecular complexity index is 2630. The molecule has 0 aliphatic carbocycles. The van der Waals surface area contributed by atoms with Crippen molar-refractivity contribution in [3.63, 3.8) is 0 Å². The summed E-state index contributed by atoms with van der Waals surface area (Å²) in [7, 11) is 0. The summed E-state index contributed by atoms with van der Waals surface area (Å²) in [6.45, 7) is 4.69. The maximum absolute atomic E-state index is 4.73. The summed E-state index contributed by atoms with van der Waals surface area (Å²) in [6, 6.07) is 48.5. The van der Waals surface area contributed by atoms with Crippen LogP contribution in [0.25, 0.3) is 72.2 Å². The molecule has 6 heteroatoms. The largest absolute Gasteiger partial charge is 0.441 e. The Hall–Kier alpha value is -5.68. The Balaban J connectivity index is 0.000000257. The van der Waals surface area contributed by atoms with Gasteiger partial charge in [-0.15, -0.1) is 35.4 Å². The van der Waals surface area contributed by atoms with Gasteiger partial charge in [-0.2, -0.15) is 0 Å². The van der Waals surface area contributed by atoms with Gasteiger partial charge >= 0.3 is 0 Å². The molecule has 0 spiro atoms. The molecule has 0 saturated carbocycles. The van der Waals surface area contributed by atoms with Crippen LogP contribution in [-0.4, -0.2) is 19.5 Å². The Morgan fingerprint density at radius 3 is 2.30 bits per heavy atom. The van der Waals surface area contributed by atoms with Gasteiger partial charge in [0.15, 0.2) is 0 Å². The van der Waals surface area contributed by atoms with Crippen molar-refractivity contribution < 1.29 is 20.1 Å². The van der Waals surface area contributed by atoms with Crippen LogP contribution in [0.2, 0.25) is 0 Å². The fourth-order valence-electron chi connectivity index (χ4n) is 7.33. The predicted molar refractivity (Wildman–Crippen MR) is 199 cm³/mol. The van der Waals surface area contributed by atoms with E-state index in [1.54, 1.807) is 18.6 Å². The van der Waals surface area contributed by atoms with Gasteiger partial charge in [-0.1, -0.05) is 99.0 Å². The van der Waals surface area contributed by atoms with Crippen LogP contribution in [0.15, 0.2) is 152 Å². The second-order valence-electron chi connectivity index (χ2n) is 12.9. The Kier molecular flexibility index (Phi) is 7.99. The molecule has 50 heavy (non-hydrogen) atoms. The number of hydrogen-bond acceptors (Lipinski definition) is 3. The summed E-state index contributed by atoms with van der Waals surface area (Å²) in [4.78, 5) is 16.9. The van der Waals surface area contributed by atoms with Crippen LogP contribution in [0, 0.1) is 6.07 Å². The molecular formula is C44H31IrN5-2. The van der Waals surface area contributed by atoms with Gasteiger partial charge < -0.3 is 19.5 Å². The van der Waals surface area contributed by atoms with E-state index in [9.17, 15) is 0 Å². The predicted octanol–water partition coefficient (Wildman–Crippen LogP) is 10.2. The maximum Gasteiger partial charge on any atom is 0.0620 e. The van der Waals surface area contributed by atoms with Gasteiger partial charge in [0.25, 0.3) is 0 Å². The zero-order chi connectivity index (χ0) is 33.0. The van der Waals surface area contributed by atoms with Gasteiger partial charge in [0.1, 0.15) is 0 Å². The first-order valence-electron chi connectivity index (χ1n) is 16.5. The number of hydrogen-bond donors (Lipinski definition) is 0. The van der Waals surface area contributed by atoms with Crippen molar-refractivity contribution in [3.8, 4) is 39.6 Å². The average Bonchev–Trinajstić information content (AvgIpc) is 3.82. The van der Waals surface area contributed by atoms with E-state index in [1.807, 2.05) is 30.5 Å². The molecule has 10 rings (SSSR count). The van der Waals surface area contributed by atoms with E-state index in [1.165, 1.54) is 55.1 Å². The van der Waals surface area contributed by atoms with Crippen LogP contribution in [0.4, 0.5) is 0 Å². The van der Waals surface area contributed by atoms with Gasteiger partial charge in [0.05, 0.1) is 22.4 Å². The number of rotatable bonds is 3. The monoisotopic (exact) mass is 822 g/mol. The number of fused-ring (bicyclic) bond motifs is 6. The third-order valence-corrected chi connectivity index (χ3v) is 9.70. The Labute approximate surface area is 304 Å². The SMILES string of the molecule is CC1(C)c2ccccc2-n2c3ccc(-c4cc[c-]c(-c5nccc6ccccc56)c4)cc3c3cccc1c32.[Ir].c1ccc(-c2ncc[n-]2)nc1. The molecule has 0 saturated heterocycles. The normalized spacial score (nSPS) is 12.6. The standard InChI is InChI=1S/C36H25N2.C8H6N3.Ir/c1-36(2)30-14-5-6-16-33(30)38-32-18-17-25(22-29(32)28-13-8-15-31(36)35(28)38)24-10-7-11-26(21-24)34-27-12-4-3-9-23(27)19-20-37-34;1-2-4-9-7(3-1)8-10-5-6-11-8;/h3-10,12-22H,1-2H3;1-6H;/q2*-1;. The van der Waals surface area contributed by atoms with E-state index >= 15 is 0 Å². The van der Waals surface area contributed by atoms with Crippen molar-refractivity contribution >= 4 is 32.6 Å². The molecule has 1 aliphatic heterocycles. The Morgan fingerprint density at radius 2 is 1.44 bits per heavy atom. The minimum absolute atomic E-state index is 0. The zero-order valence-electron chi connectivity index (χ0n) is 27.5. The van der Waals surface area contributed by atoms with Crippen molar-refractivity contribution in [3.05, 3.63) is 169 Å². The molecule has 4 aromatic heterocycles. The minimum atomic E-state index is -0.0566. The quantitative estimate of drug-likeness (QED) is 0.167. The summed E-state index contributed by atoms with van der Waals surface area (Å²) in [6.07, 6.45) is 6.93. The van der Waals surface area contributed by atoms with Crippen molar-refractivity contribution in [1.29, 1.82) is 0 Å². The molecule has 0 unspecified atom stereocenters. The molecule has 0 atom stereocenters. The van der Waals surface area contributed by atoms with E-state index in [-0.39, 0.29) is 25.5 Å². The molecule has 0 bridgehead atoms. The van der Waals surface area contributed by atoms with E-state index in [4.69, 9.17) is 4.98 Å². The van der Waals surface area contributed by atoms with E-state index < -0.39 is 0 Å². The number of para-hydroxylation sites is 2. The van der Waals surface area contributed by atoms with Crippen LogP contribution < -0.4 is 4.98 Å². The molecule has 0 amide bonds. The molecule has 5 aromatic carbocycles. The number of nitrogens with zero attached hydrogens (tertiary/aromatic N) is 5. The zero-order valence-corrected chi connectivity index (χ0v) is 29.9. The first-order chi connectivity index (χ1) is 24.1. The van der Waals surface area contributed by atoms with E-state index in [0.29, 0.717) is 5.82 Å². The number of benzene rings is 5. The molecule has 1 radical (unpaired) electrons.